The SMILES string of the molecule is CC(C)(C)[Si](C)(C)OC[C@H]1O[C@@H](n2cnc3c(=O)[nH]c(N)nc32)[C@@H](F)C1O[Si](C)(C)C(C)(C)C. The summed E-state index contributed by atoms with van der Waals surface area (Å²) in [5.41, 5.74) is 5.50. The van der Waals surface area contributed by atoms with Crippen molar-refractivity contribution in [3.63, 3.8) is 0 Å². The Labute approximate surface area is 202 Å². The fourth-order valence-corrected chi connectivity index (χ4v) is 5.68. The van der Waals surface area contributed by atoms with Gasteiger partial charge in [-0.25, -0.2) is 9.37 Å². The molecular formula is C22H40FN5O4Si2. The fraction of sp³-hybridized carbons (Fsp3) is 0.773. The van der Waals surface area contributed by atoms with E-state index in [9.17, 15) is 4.79 Å². The molecule has 9 nitrogen and oxygen atoms in total. The molecule has 34 heavy (non-hydrogen) atoms. The molecule has 1 aliphatic heterocycles. The molecule has 0 radical (unpaired) electrons. The first-order valence-electron chi connectivity index (χ1n) is 11.7. The Morgan fingerprint density at radius 1 is 1.15 bits per heavy atom. The van der Waals surface area contributed by atoms with Crippen LogP contribution in [0.25, 0.3) is 11.2 Å². The van der Waals surface area contributed by atoms with Gasteiger partial charge in [0.1, 0.15) is 12.2 Å². The number of ether oxygens (including phenoxy) is 1. The topological polar surface area (TPSA) is 117 Å². The lowest BCUT2D eigenvalue weighted by atomic mass is 10.1. The minimum atomic E-state index is -2.33. The third kappa shape index (κ3) is 5.01. The summed E-state index contributed by atoms with van der Waals surface area (Å²) in [6, 6.07) is 0. The number of nitrogens with one attached hydrogen (secondary N) is 1. The van der Waals surface area contributed by atoms with Crippen molar-refractivity contribution in [3.8, 4) is 0 Å². The highest BCUT2D eigenvalue weighted by Crippen LogP contribution is 2.43. The second kappa shape index (κ2) is 8.80. The molecule has 12 heteroatoms. The van der Waals surface area contributed by atoms with E-state index in [0.29, 0.717) is 0 Å². The lowest BCUT2D eigenvalue weighted by molar-refractivity contribution is -0.0421. The zero-order valence-corrected chi connectivity index (χ0v) is 24.0. The standard InChI is InChI=1S/C22H40FN5O4Si2/c1-21(2,3)33(7,8)30-11-13-16(32-34(9,10)22(4,5)6)14(23)19(31-13)28-12-25-15-17(28)26-20(24)27-18(15)29/h12-14,16,19H,11H2,1-10H3,(H3,24,26,27,29)/t13-,14+,16?,19-/m1/s1. The number of alkyl halides is 1. The van der Waals surface area contributed by atoms with Crippen molar-refractivity contribution in [2.45, 2.75) is 102 Å². The molecule has 0 saturated carbocycles. The maximum absolute atomic E-state index is 16.1. The molecule has 2 aromatic heterocycles. The van der Waals surface area contributed by atoms with Crippen molar-refractivity contribution in [1.29, 1.82) is 0 Å². The molecule has 192 valence electrons. The van der Waals surface area contributed by atoms with Gasteiger partial charge in [-0.1, -0.05) is 41.5 Å². The van der Waals surface area contributed by atoms with Crippen molar-refractivity contribution in [2.24, 2.45) is 0 Å². The van der Waals surface area contributed by atoms with Gasteiger partial charge in [-0.05, 0) is 36.3 Å². The molecule has 0 aliphatic carbocycles. The molecule has 1 saturated heterocycles. The minimum absolute atomic E-state index is 0.00106. The summed E-state index contributed by atoms with van der Waals surface area (Å²) in [5, 5.41) is -0.112. The van der Waals surface area contributed by atoms with Crippen molar-refractivity contribution in [3.05, 3.63) is 16.7 Å². The van der Waals surface area contributed by atoms with E-state index >= 15 is 4.39 Å². The van der Waals surface area contributed by atoms with Crippen molar-refractivity contribution < 1.29 is 18.0 Å². The van der Waals surface area contributed by atoms with Crippen LogP contribution >= 0.6 is 0 Å². The van der Waals surface area contributed by atoms with Gasteiger partial charge in [0, 0.05) is 0 Å². The van der Waals surface area contributed by atoms with E-state index < -0.39 is 46.8 Å². The first-order chi connectivity index (χ1) is 15.4. The predicted octanol–water partition coefficient (Wildman–Crippen LogP) is 4.35. The third-order valence-corrected chi connectivity index (χ3v) is 16.6. The number of nitrogen functional groups attached to an aromatic ring is 1. The number of anilines is 1. The third-order valence-electron chi connectivity index (χ3n) is 7.64. The molecule has 3 heterocycles. The summed E-state index contributed by atoms with van der Waals surface area (Å²) in [5.74, 6) is -0.0699. The van der Waals surface area contributed by atoms with Crippen LogP contribution in [0.2, 0.25) is 36.3 Å². The van der Waals surface area contributed by atoms with Gasteiger partial charge in [-0.15, -0.1) is 0 Å². The van der Waals surface area contributed by atoms with Gasteiger partial charge >= 0.3 is 0 Å². The molecule has 0 spiro atoms. The predicted molar refractivity (Wildman–Crippen MR) is 137 cm³/mol. The molecular weight excluding hydrogens is 473 g/mol. The number of hydrogen-bond acceptors (Lipinski definition) is 7. The summed E-state index contributed by atoms with van der Waals surface area (Å²) < 4.78 is 36.7. The van der Waals surface area contributed by atoms with Crippen LogP contribution in [0.3, 0.4) is 0 Å². The Balaban J connectivity index is 1.97. The quantitative estimate of drug-likeness (QED) is 0.551. The fourth-order valence-electron chi connectivity index (χ4n) is 3.35. The van der Waals surface area contributed by atoms with Crippen LogP contribution in [-0.4, -0.2) is 61.1 Å². The average molecular weight is 514 g/mol. The zero-order chi connectivity index (χ0) is 25.9. The normalized spacial score (nSPS) is 24.8. The van der Waals surface area contributed by atoms with Gasteiger partial charge in [0.25, 0.3) is 5.56 Å². The number of hydrogen-bond donors (Lipinski definition) is 2. The first kappa shape index (κ1) is 27.0. The number of aromatic nitrogens is 4. The molecule has 2 aromatic rings. The molecule has 1 unspecified atom stereocenters. The van der Waals surface area contributed by atoms with Gasteiger partial charge in [0.05, 0.1) is 12.9 Å². The number of rotatable bonds is 6. The summed E-state index contributed by atoms with van der Waals surface area (Å²) in [6.07, 6.45) is -2.67. The van der Waals surface area contributed by atoms with Crippen LogP contribution in [0.1, 0.15) is 47.8 Å². The maximum atomic E-state index is 16.1. The van der Waals surface area contributed by atoms with Crippen LogP contribution in [0, 0.1) is 0 Å². The van der Waals surface area contributed by atoms with Gasteiger partial charge in [0.15, 0.2) is 40.2 Å². The van der Waals surface area contributed by atoms with Gasteiger partial charge in [-0.3, -0.25) is 14.3 Å². The Morgan fingerprint density at radius 3 is 2.29 bits per heavy atom. The largest absolute Gasteiger partial charge is 0.414 e. The smallest absolute Gasteiger partial charge is 0.280 e. The van der Waals surface area contributed by atoms with Crippen LogP contribution in [0.15, 0.2) is 11.1 Å². The number of nitrogens with zero attached hydrogens (tertiary/aromatic N) is 3. The van der Waals surface area contributed by atoms with E-state index in [1.54, 1.807) is 0 Å². The van der Waals surface area contributed by atoms with Gasteiger partial charge in [0.2, 0.25) is 5.95 Å². The lowest BCUT2D eigenvalue weighted by Gasteiger charge is -2.40. The van der Waals surface area contributed by atoms with Crippen molar-refractivity contribution >= 4 is 33.7 Å². The lowest BCUT2D eigenvalue weighted by Crippen LogP contribution is -2.50. The second-order valence-corrected chi connectivity index (χ2v) is 21.8. The van der Waals surface area contributed by atoms with Crippen LogP contribution in [0.5, 0.6) is 0 Å². The molecule has 1 aliphatic rings. The minimum Gasteiger partial charge on any atom is -0.414 e. The zero-order valence-electron chi connectivity index (χ0n) is 22.0. The summed E-state index contributed by atoms with van der Waals surface area (Å²) in [4.78, 5) is 22.9. The Morgan fingerprint density at radius 2 is 1.74 bits per heavy atom. The van der Waals surface area contributed by atoms with Crippen molar-refractivity contribution in [2.75, 3.05) is 12.3 Å². The summed E-state index contributed by atoms with van der Waals surface area (Å²) >= 11 is 0. The molecule has 0 amide bonds. The van der Waals surface area contributed by atoms with E-state index in [0.717, 1.165) is 0 Å². The molecule has 3 N–H and O–H groups in total. The Kier molecular flexibility index (Phi) is 6.99. The summed E-state index contributed by atoms with van der Waals surface area (Å²) in [6.45, 7) is 21.5. The van der Waals surface area contributed by atoms with E-state index in [-0.39, 0.29) is 33.8 Å². The Hall–Kier alpha value is -1.61. The number of aromatic amines is 1. The van der Waals surface area contributed by atoms with Crippen LogP contribution < -0.4 is 11.3 Å². The van der Waals surface area contributed by atoms with Gasteiger partial charge in [-0.2, -0.15) is 4.98 Å². The highest BCUT2D eigenvalue weighted by Gasteiger charge is 2.52. The van der Waals surface area contributed by atoms with E-state index in [2.05, 4.69) is 82.7 Å². The number of halogens is 1. The van der Waals surface area contributed by atoms with Gasteiger partial charge < -0.3 is 19.3 Å². The van der Waals surface area contributed by atoms with E-state index in [4.69, 9.17) is 19.3 Å². The first-order valence-corrected chi connectivity index (χ1v) is 17.5. The number of H-pyrrole nitrogens is 1. The van der Waals surface area contributed by atoms with E-state index in [1.807, 2.05) is 0 Å². The number of nitrogens with two attached hydrogens (primary N) is 1. The maximum Gasteiger partial charge on any atom is 0.280 e. The highest BCUT2D eigenvalue weighted by molar-refractivity contribution is 6.74. The number of fused-ring (bicyclic) bond motifs is 1. The number of imidazole rings is 1. The molecule has 3 rings (SSSR count). The second-order valence-electron chi connectivity index (χ2n) is 12.2. The van der Waals surface area contributed by atoms with Crippen molar-refractivity contribution in [1.82, 2.24) is 19.5 Å². The van der Waals surface area contributed by atoms with Crippen LogP contribution in [0.4, 0.5) is 10.3 Å². The van der Waals surface area contributed by atoms with E-state index in [1.165, 1.54) is 10.9 Å². The molecule has 4 atom stereocenters. The summed E-state index contributed by atoms with van der Waals surface area (Å²) in [7, 11) is -4.44. The monoisotopic (exact) mass is 513 g/mol. The van der Waals surface area contributed by atoms with Crippen LogP contribution in [-0.2, 0) is 13.6 Å². The molecule has 0 bridgehead atoms. The molecule has 1 fully saturated rings. The highest BCUT2D eigenvalue weighted by atomic mass is 28.4. The Bertz CT molecular complexity index is 1090. The average Bonchev–Trinajstić information content (AvgIpc) is 3.20. The molecule has 0 aromatic carbocycles.